The van der Waals surface area contributed by atoms with Crippen molar-refractivity contribution in [1.29, 1.82) is 0 Å². The largest absolute Gasteiger partial charge is 0.320 e. The summed E-state index contributed by atoms with van der Waals surface area (Å²) >= 11 is 4.14. The summed E-state index contributed by atoms with van der Waals surface area (Å²) in [6.45, 7) is 2.01. The minimum Gasteiger partial charge on any atom is -0.320 e. The number of carbonyl (C=O) groups excluding carboxylic acids is 1. The lowest BCUT2D eigenvalue weighted by atomic mass is 10.3. The average molecular weight is 347 g/mol. The van der Waals surface area contributed by atoms with E-state index in [-0.39, 0.29) is 5.75 Å². The number of rotatable bonds is 6. The quantitative estimate of drug-likeness (QED) is 0.808. The third-order valence-corrected chi connectivity index (χ3v) is 5.28. The van der Waals surface area contributed by atoms with Crippen LogP contribution in [0.15, 0.2) is 26.9 Å². The second-order valence-electron chi connectivity index (χ2n) is 3.70. The van der Waals surface area contributed by atoms with Crippen LogP contribution < -0.4 is 5.32 Å². The van der Waals surface area contributed by atoms with Gasteiger partial charge in [-0.3, -0.25) is 4.79 Å². The third kappa shape index (κ3) is 4.65. The van der Waals surface area contributed by atoms with Gasteiger partial charge < -0.3 is 5.32 Å². The fourth-order valence-electron chi connectivity index (χ4n) is 1.36. The zero-order valence-electron chi connectivity index (χ0n) is 10.9. The van der Waals surface area contributed by atoms with E-state index in [9.17, 15) is 13.6 Å². The molecule has 0 bridgehead atoms. The van der Waals surface area contributed by atoms with Crippen LogP contribution in [0.4, 0.5) is 14.5 Å². The predicted octanol–water partition coefficient (Wildman–Crippen LogP) is 3.66. The normalized spacial score (nSPS) is 10.6. The standard InChI is InChI=1S/C12H11F2N3OS3/c1-2-19-11-16-17-12(21-11)20-6-9(18)15-10-7(13)4-3-5-8(10)14/h3-5H,2,6H2,1H3,(H,15,18). The van der Waals surface area contributed by atoms with Crippen molar-refractivity contribution in [3.8, 4) is 0 Å². The lowest BCUT2D eigenvalue weighted by molar-refractivity contribution is -0.113. The molecule has 21 heavy (non-hydrogen) atoms. The van der Waals surface area contributed by atoms with Gasteiger partial charge in [-0.25, -0.2) is 8.78 Å². The molecule has 0 saturated carbocycles. The molecule has 0 saturated heterocycles. The molecule has 0 atom stereocenters. The lowest BCUT2D eigenvalue weighted by Crippen LogP contribution is -2.16. The molecule has 0 aliphatic rings. The first kappa shape index (κ1) is 16.2. The van der Waals surface area contributed by atoms with Crippen molar-refractivity contribution in [2.24, 2.45) is 0 Å². The summed E-state index contributed by atoms with van der Waals surface area (Å²) in [5.74, 6) is -1.19. The predicted molar refractivity (Wildman–Crippen MR) is 82.0 cm³/mol. The van der Waals surface area contributed by atoms with Crippen molar-refractivity contribution in [3.05, 3.63) is 29.8 Å². The Labute approximate surface area is 132 Å². The number of carbonyl (C=O) groups is 1. The number of nitrogens with one attached hydrogen (secondary N) is 1. The van der Waals surface area contributed by atoms with Crippen LogP contribution in [-0.4, -0.2) is 27.6 Å². The van der Waals surface area contributed by atoms with E-state index in [0.717, 1.165) is 22.2 Å². The van der Waals surface area contributed by atoms with Gasteiger partial charge in [0, 0.05) is 0 Å². The highest BCUT2D eigenvalue weighted by Crippen LogP contribution is 2.28. The van der Waals surface area contributed by atoms with Crippen LogP contribution in [0.2, 0.25) is 0 Å². The van der Waals surface area contributed by atoms with E-state index in [4.69, 9.17) is 0 Å². The Hall–Kier alpha value is -1.19. The molecule has 2 rings (SSSR count). The van der Waals surface area contributed by atoms with Crippen LogP contribution in [0.3, 0.4) is 0 Å². The number of nitrogens with zero attached hydrogens (tertiary/aromatic N) is 2. The van der Waals surface area contributed by atoms with Crippen LogP contribution in [0, 0.1) is 11.6 Å². The number of hydrogen-bond donors (Lipinski definition) is 1. The number of thioether (sulfide) groups is 2. The highest BCUT2D eigenvalue weighted by atomic mass is 32.2. The maximum atomic E-state index is 13.4. The van der Waals surface area contributed by atoms with Gasteiger partial charge in [0.25, 0.3) is 0 Å². The highest BCUT2D eigenvalue weighted by Gasteiger charge is 2.13. The molecule has 1 aromatic carbocycles. The van der Waals surface area contributed by atoms with Crippen molar-refractivity contribution < 1.29 is 13.6 Å². The highest BCUT2D eigenvalue weighted by molar-refractivity contribution is 8.03. The SMILES string of the molecule is CCSc1nnc(SCC(=O)Nc2c(F)cccc2F)s1. The van der Waals surface area contributed by atoms with E-state index in [1.54, 1.807) is 11.8 Å². The molecule has 0 radical (unpaired) electrons. The summed E-state index contributed by atoms with van der Waals surface area (Å²) in [6.07, 6.45) is 0. The Balaban J connectivity index is 1.90. The molecule has 2 aromatic rings. The minimum atomic E-state index is -0.800. The lowest BCUT2D eigenvalue weighted by Gasteiger charge is -2.06. The summed E-state index contributed by atoms with van der Waals surface area (Å²) in [5, 5.41) is 10.1. The number of aromatic nitrogens is 2. The third-order valence-electron chi connectivity index (χ3n) is 2.21. The van der Waals surface area contributed by atoms with Crippen molar-refractivity contribution in [2.75, 3.05) is 16.8 Å². The fraction of sp³-hybridized carbons (Fsp3) is 0.250. The topological polar surface area (TPSA) is 54.9 Å². The molecule has 9 heteroatoms. The Morgan fingerprint density at radius 2 is 1.86 bits per heavy atom. The summed E-state index contributed by atoms with van der Waals surface area (Å²) in [6, 6.07) is 3.42. The number of halogens is 2. The van der Waals surface area contributed by atoms with Gasteiger partial charge in [0.15, 0.2) is 8.68 Å². The van der Waals surface area contributed by atoms with Crippen molar-refractivity contribution >= 4 is 46.5 Å². The molecule has 112 valence electrons. The molecule has 1 aromatic heterocycles. The molecule has 0 spiro atoms. The fourth-order valence-corrected chi connectivity index (χ4v) is 4.07. The molecule has 4 nitrogen and oxygen atoms in total. The van der Waals surface area contributed by atoms with Gasteiger partial charge in [-0.05, 0) is 17.9 Å². The van der Waals surface area contributed by atoms with Crippen LogP contribution in [0.5, 0.6) is 0 Å². The summed E-state index contributed by atoms with van der Waals surface area (Å²) in [4.78, 5) is 11.7. The first-order valence-electron chi connectivity index (χ1n) is 5.93. The first-order chi connectivity index (χ1) is 10.1. The van der Waals surface area contributed by atoms with E-state index < -0.39 is 23.2 Å². The van der Waals surface area contributed by atoms with Crippen LogP contribution in [0.1, 0.15) is 6.92 Å². The smallest absolute Gasteiger partial charge is 0.234 e. The molecule has 1 N–H and O–H groups in total. The van der Waals surface area contributed by atoms with Crippen molar-refractivity contribution in [1.82, 2.24) is 10.2 Å². The van der Waals surface area contributed by atoms with E-state index in [0.29, 0.717) is 4.34 Å². The van der Waals surface area contributed by atoms with E-state index >= 15 is 0 Å². The zero-order chi connectivity index (χ0) is 15.2. The number of anilines is 1. The minimum absolute atomic E-state index is 0.0131. The molecule has 0 fully saturated rings. The molecule has 1 heterocycles. The summed E-state index contributed by atoms with van der Waals surface area (Å²) < 4.78 is 28.2. The van der Waals surface area contributed by atoms with Crippen LogP contribution >= 0.6 is 34.9 Å². The maximum absolute atomic E-state index is 13.4. The molecule has 0 aliphatic carbocycles. The number of benzene rings is 1. The van der Waals surface area contributed by atoms with Crippen molar-refractivity contribution in [2.45, 2.75) is 15.6 Å². The van der Waals surface area contributed by atoms with Gasteiger partial charge in [0.1, 0.15) is 17.3 Å². The van der Waals surface area contributed by atoms with E-state index in [2.05, 4.69) is 15.5 Å². The summed E-state index contributed by atoms with van der Waals surface area (Å²) in [7, 11) is 0. The zero-order valence-corrected chi connectivity index (χ0v) is 13.4. The first-order valence-corrected chi connectivity index (χ1v) is 8.72. The number of amides is 1. The maximum Gasteiger partial charge on any atom is 0.234 e. The van der Waals surface area contributed by atoms with Gasteiger partial charge in [-0.15, -0.1) is 10.2 Å². The monoisotopic (exact) mass is 347 g/mol. The number of hydrogen-bond acceptors (Lipinski definition) is 6. The number of para-hydroxylation sites is 1. The molecular weight excluding hydrogens is 336 g/mol. The Bertz CT molecular complexity index is 616. The second kappa shape index (κ2) is 7.71. The Kier molecular flexibility index (Phi) is 5.95. The van der Waals surface area contributed by atoms with Gasteiger partial charge >= 0.3 is 0 Å². The van der Waals surface area contributed by atoms with Gasteiger partial charge in [-0.1, -0.05) is 47.9 Å². The molecule has 0 aliphatic heterocycles. The molecule has 0 unspecified atom stereocenters. The molecular formula is C12H11F2N3OS3. The van der Waals surface area contributed by atoms with Crippen LogP contribution in [-0.2, 0) is 4.79 Å². The Morgan fingerprint density at radius 1 is 1.24 bits per heavy atom. The van der Waals surface area contributed by atoms with Gasteiger partial charge in [0.2, 0.25) is 5.91 Å². The van der Waals surface area contributed by atoms with Gasteiger partial charge in [0.05, 0.1) is 5.75 Å². The van der Waals surface area contributed by atoms with E-state index in [1.165, 1.54) is 29.2 Å². The second-order valence-corrected chi connectivity index (χ2v) is 7.41. The average Bonchev–Trinajstić information content (AvgIpc) is 2.89. The van der Waals surface area contributed by atoms with Crippen molar-refractivity contribution in [3.63, 3.8) is 0 Å². The van der Waals surface area contributed by atoms with Gasteiger partial charge in [-0.2, -0.15) is 0 Å². The Morgan fingerprint density at radius 3 is 2.48 bits per heavy atom. The summed E-state index contributed by atoms with van der Waals surface area (Å²) in [5.41, 5.74) is -0.428. The van der Waals surface area contributed by atoms with E-state index in [1.807, 2.05) is 6.92 Å². The van der Waals surface area contributed by atoms with Crippen LogP contribution in [0.25, 0.3) is 0 Å². The molecule has 1 amide bonds.